The third-order valence-electron chi connectivity index (χ3n) is 4.12. The zero-order valence-electron chi connectivity index (χ0n) is 14.0. The molecule has 1 aliphatic rings. The SMILES string of the molecule is COc1ccccc1CN(Cc1noc(CN)n1)CC1CCCO1. The second-order valence-corrected chi connectivity index (χ2v) is 5.92. The fourth-order valence-corrected chi connectivity index (χ4v) is 2.97. The molecule has 0 aliphatic carbocycles. The quantitative estimate of drug-likeness (QED) is 0.787. The molecule has 0 spiro atoms. The number of methoxy groups -OCH3 is 1. The number of nitrogens with zero attached hydrogens (tertiary/aromatic N) is 3. The van der Waals surface area contributed by atoms with Gasteiger partial charge in [0.1, 0.15) is 5.75 Å². The van der Waals surface area contributed by atoms with Crippen LogP contribution in [0.3, 0.4) is 0 Å². The Bertz CT molecular complexity index is 640. The van der Waals surface area contributed by atoms with Gasteiger partial charge in [-0.1, -0.05) is 23.4 Å². The largest absolute Gasteiger partial charge is 0.496 e. The molecule has 130 valence electrons. The molecule has 7 nitrogen and oxygen atoms in total. The molecule has 0 amide bonds. The molecule has 2 aromatic rings. The molecule has 1 atom stereocenters. The Morgan fingerprint density at radius 2 is 2.21 bits per heavy atom. The van der Waals surface area contributed by atoms with Gasteiger partial charge in [-0.3, -0.25) is 4.90 Å². The number of nitrogens with two attached hydrogens (primary N) is 1. The summed E-state index contributed by atoms with van der Waals surface area (Å²) in [6.07, 6.45) is 2.45. The first-order chi connectivity index (χ1) is 11.8. The van der Waals surface area contributed by atoms with Crippen LogP contribution in [0.2, 0.25) is 0 Å². The summed E-state index contributed by atoms with van der Waals surface area (Å²) in [5.41, 5.74) is 6.67. The zero-order valence-corrected chi connectivity index (χ0v) is 14.0. The van der Waals surface area contributed by atoms with Crippen LogP contribution in [-0.4, -0.2) is 41.4 Å². The van der Waals surface area contributed by atoms with Crippen molar-refractivity contribution in [2.45, 2.75) is 38.6 Å². The summed E-state index contributed by atoms with van der Waals surface area (Å²) in [5, 5.41) is 4.01. The monoisotopic (exact) mass is 332 g/mol. The molecule has 1 saturated heterocycles. The lowest BCUT2D eigenvalue weighted by Gasteiger charge is -2.24. The Hall–Kier alpha value is -1.96. The van der Waals surface area contributed by atoms with E-state index in [0.29, 0.717) is 18.3 Å². The van der Waals surface area contributed by atoms with Crippen molar-refractivity contribution in [3.8, 4) is 5.75 Å². The van der Waals surface area contributed by atoms with Crippen molar-refractivity contribution < 1.29 is 14.0 Å². The van der Waals surface area contributed by atoms with Crippen LogP contribution in [0, 0.1) is 0 Å². The Morgan fingerprint density at radius 1 is 1.33 bits per heavy atom. The lowest BCUT2D eigenvalue weighted by atomic mass is 10.1. The van der Waals surface area contributed by atoms with E-state index in [4.69, 9.17) is 19.7 Å². The molecule has 2 N–H and O–H groups in total. The molecule has 3 rings (SSSR count). The number of benzene rings is 1. The first-order valence-electron chi connectivity index (χ1n) is 8.26. The maximum Gasteiger partial charge on any atom is 0.240 e. The predicted molar refractivity (Wildman–Crippen MR) is 88.3 cm³/mol. The summed E-state index contributed by atoms with van der Waals surface area (Å²) in [4.78, 5) is 6.57. The number of rotatable bonds is 8. The van der Waals surface area contributed by atoms with E-state index in [2.05, 4.69) is 21.1 Å². The number of ether oxygens (including phenoxy) is 2. The van der Waals surface area contributed by atoms with E-state index in [1.54, 1.807) is 7.11 Å². The summed E-state index contributed by atoms with van der Waals surface area (Å²) in [5.74, 6) is 1.98. The molecular formula is C17H24N4O3. The highest BCUT2D eigenvalue weighted by molar-refractivity contribution is 5.33. The normalized spacial score (nSPS) is 17.5. The van der Waals surface area contributed by atoms with Gasteiger partial charge in [0.05, 0.1) is 26.3 Å². The molecule has 2 heterocycles. The van der Waals surface area contributed by atoms with Crippen molar-refractivity contribution in [1.82, 2.24) is 15.0 Å². The number of aromatic nitrogens is 2. The average Bonchev–Trinajstić information content (AvgIpc) is 3.27. The molecule has 0 radical (unpaired) electrons. The molecule has 0 bridgehead atoms. The number of hydrogen-bond acceptors (Lipinski definition) is 7. The minimum Gasteiger partial charge on any atom is -0.496 e. The lowest BCUT2D eigenvalue weighted by Crippen LogP contribution is -2.32. The molecule has 1 fully saturated rings. The van der Waals surface area contributed by atoms with E-state index < -0.39 is 0 Å². The van der Waals surface area contributed by atoms with Crippen LogP contribution in [0.4, 0.5) is 0 Å². The minimum absolute atomic E-state index is 0.251. The van der Waals surface area contributed by atoms with E-state index in [1.165, 1.54) is 0 Å². The molecule has 1 unspecified atom stereocenters. The van der Waals surface area contributed by atoms with Gasteiger partial charge in [0.2, 0.25) is 5.89 Å². The van der Waals surface area contributed by atoms with Gasteiger partial charge in [0.25, 0.3) is 0 Å². The van der Waals surface area contributed by atoms with E-state index >= 15 is 0 Å². The summed E-state index contributed by atoms with van der Waals surface area (Å²) in [6, 6.07) is 8.03. The standard InChI is InChI=1S/C17H24N4O3/c1-22-15-7-3-2-5-13(15)10-21(11-14-6-4-8-23-14)12-16-19-17(9-18)24-20-16/h2-3,5,7,14H,4,6,8-12,18H2,1H3. The Labute approximate surface area is 141 Å². The lowest BCUT2D eigenvalue weighted by molar-refractivity contribution is 0.0664. The van der Waals surface area contributed by atoms with Gasteiger partial charge in [0.15, 0.2) is 5.82 Å². The van der Waals surface area contributed by atoms with Crippen LogP contribution in [0.15, 0.2) is 28.8 Å². The fraction of sp³-hybridized carbons (Fsp3) is 0.529. The molecule has 24 heavy (non-hydrogen) atoms. The molecule has 1 aromatic carbocycles. The maximum absolute atomic E-state index is 5.78. The number of para-hydroxylation sites is 1. The highest BCUT2D eigenvalue weighted by atomic mass is 16.5. The van der Waals surface area contributed by atoms with Crippen LogP contribution in [0.25, 0.3) is 0 Å². The highest BCUT2D eigenvalue weighted by Crippen LogP contribution is 2.22. The Kier molecular flexibility index (Phi) is 5.79. The maximum atomic E-state index is 5.78. The topological polar surface area (TPSA) is 86.6 Å². The predicted octanol–water partition coefficient (Wildman–Crippen LogP) is 1.72. The van der Waals surface area contributed by atoms with Crippen molar-refractivity contribution in [2.24, 2.45) is 5.73 Å². The zero-order chi connectivity index (χ0) is 16.8. The van der Waals surface area contributed by atoms with Crippen LogP contribution in [0.1, 0.15) is 30.1 Å². The van der Waals surface area contributed by atoms with Gasteiger partial charge < -0.3 is 19.7 Å². The Morgan fingerprint density at radius 3 is 2.92 bits per heavy atom. The van der Waals surface area contributed by atoms with Gasteiger partial charge in [-0.15, -0.1) is 0 Å². The summed E-state index contributed by atoms with van der Waals surface area (Å²) < 4.78 is 16.4. The summed E-state index contributed by atoms with van der Waals surface area (Å²) in [6.45, 7) is 3.24. The van der Waals surface area contributed by atoms with Crippen molar-refractivity contribution in [3.63, 3.8) is 0 Å². The summed E-state index contributed by atoms with van der Waals surface area (Å²) in [7, 11) is 1.69. The van der Waals surface area contributed by atoms with Gasteiger partial charge in [-0.2, -0.15) is 4.98 Å². The van der Waals surface area contributed by atoms with Crippen molar-refractivity contribution in [1.29, 1.82) is 0 Å². The smallest absolute Gasteiger partial charge is 0.240 e. The minimum atomic E-state index is 0.251. The molecular weight excluding hydrogens is 308 g/mol. The molecule has 7 heteroatoms. The Balaban J connectivity index is 1.73. The van der Waals surface area contributed by atoms with Crippen LogP contribution >= 0.6 is 0 Å². The van der Waals surface area contributed by atoms with Gasteiger partial charge in [-0.05, 0) is 18.9 Å². The highest BCUT2D eigenvalue weighted by Gasteiger charge is 2.21. The van der Waals surface area contributed by atoms with Gasteiger partial charge >= 0.3 is 0 Å². The van der Waals surface area contributed by atoms with E-state index in [-0.39, 0.29) is 12.6 Å². The van der Waals surface area contributed by atoms with Crippen LogP contribution < -0.4 is 10.5 Å². The first-order valence-corrected chi connectivity index (χ1v) is 8.26. The summed E-state index contributed by atoms with van der Waals surface area (Å²) >= 11 is 0. The molecule has 0 saturated carbocycles. The second-order valence-electron chi connectivity index (χ2n) is 5.92. The first kappa shape index (κ1) is 16.9. The van der Waals surface area contributed by atoms with Gasteiger partial charge in [-0.25, -0.2) is 0 Å². The van der Waals surface area contributed by atoms with Crippen molar-refractivity contribution >= 4 is 0 Å². The molecule has 1 aliphatic heterocycles. The molecule has 1 aromatic heterocycles. The average molecular weight is 332 g/mol. The van der Waals surface area contributed by atoms with Crippen molar-refractivity contribution in [3.05, 3.63) is 41.5 Å². The number of hydrogen-bond donors (Lipinski definition) is 1. The van der Waals surface area contributed by atoms with Gasteiger partial charge in [0, 0.05) is 25.3 Å². The van der Waals surface area contributed by atoms with Crippen LogP contribution in [0.5, 0.6) is 5.75 Å². The fourth-order valence-electron chi connectivity index (χ4n) is 2.97. The second kappa shape index (κ2) is 8.23. The van der Waals surface area contributed by atoms with E-state index in [0.717, 1.165) is 43.9 Å². The van der Waals surface area contributed by atoms with E-state index in [9.17, 15) is 0 Å². The third kappa shape index (κ3) is 4.31. The van der Waals surface area contributed by atoms with Crippen LogP contribution in [-0.2, 0) is 24.4 Å². The third-order valence-corrected chi connectivity index (χ3v) is 4.12. The van der Waals surface area contributed by atoms with E-state index in [1.807, 2.05) is 18.2 Å². The van der Waals surface area contributed by atoms with Crippen molar-refractivity contribution in [2.75, 3.05) is 20.3 Å².